The maximum atomic E-state index is 13.4. The van der Waals surface area contributed by atoms with Gasteiger partial charge in [-0.1, -0.05) is 24.3 Å². The monoisotopic (exact) mass is 342 g/mol. The maximum Gasteiger partial charge on any atom is 0.276 e. The molecule has 3 aromatic rings. The number of benzene rings is 2. The lowest BCUT2D eigenvalue weighted by Crippen LogP contribution is -2.30. The highest BCUT2D eigenvalue weighted by Crippen LogP contribution is 2.22. The number of carbonyl (C=O) groups excluding carboxylic acids is 1. The van der Waals surface area contributed by atoms with Crippen molar-refractivity contribution >= 4 is 5.91 Å². The Balaban J connectivity index is 1.80. The molecule has 1 unspecified atom stereocenters. The summed E-state index contributed by atoms with van der Waals surface area (Å²) in [4.78, 5) is 15.4. The molecule has 7 heteroatoms. The average molecular weight is 342 g/mol. The summed E-state index contributed by atoms with van der Waals surface area (Å²) in [5, 5.41) is 8.29. The van der Waals surface area contributed by atoms with Crippen LogP contribution in [0.15, 0.2) is 54.7 Å². The van der Waals surface area contributed by atoms with Crippen molar-refractivity contribution in [1.82, 2.24) is 19.9 Å². The van der Waals surface area contributed by atoms with Crippen molar-refractivity contribution in [1.29, 1.82) is 0 Å². The number of amides is 1. The first kappa shape index (κ1) is 16.8. The maximum absolute atomic E-state index is 13.4. The van der Waals surface area contributed by atoms with Crippen LogP contribution in [0.1, 0.15) is 29.0 Å². The summed E-state index contributed by atoms with van der Waals surface area (Å²) in [6.07, 6.45) is 1.38. The van der Waals surface area contributed by atoms with Gasteiger partial charge < -0.3 is 4.90 Å². The summed E-state index contributed by atoms with van der Waals surface area (Å²) >= 11 is 0. The number of aromatic nitrogens is 3. The van der Waals surface area contributed by atoms with E-state index in [9.17, 15) is 13.6 Å². The van der Waals surface area contributed by atoms with Crippen molar-refractivity contribution in [2.24, 2.45) is 0 Å². The quantitative estimate of drug-likeness (QED) is 0.730. The van der Waals surface area contributed by atoms with Gasteiger partial charge in [0.05, 0.1) is 17.9 Å². The van der Waals surface area contributed by atoms with Gasteiger partial charge in [0.2, 0.25) is 0 Å². The molecule has 3 rings (SSSR count). The van der Waals surface area contributed by atoms with Gasteiger partial charge in [0.1, 0.15) is 0 Å². The van der Waals surface area contributed by atoms with Gasteiger partial charge in [0, 0.05) is 7.05 Å². The molecule has 1 heterocycles. The Hall–Kier alpha value is -3.09. The molecule has 2 aromatic carbocycles. The van der Waals surface area contributed by atoms with E-state index in [4.69, 9.17) is 0 Å². The lowest BCUT2D eigenvalue weighted by Gasteiger charge is -2.24. The van der Waals surface area contributed by atoms with Crippen molar-refractivity contribution in [3.63, 3.8) is 0 Å². The van der Waals surface area contributed by atoms with E-state index in [1.54, 1.807) is 14.0 Å². The summed E-state index contributed by atoms with van der Waals surface area (Å²) in [7, 11) is 1.58. The van der Waals surface area contributed by atoms with E-state index in [-0.39, 0.29) is 11.6 Å². The molecule has 1 aromatic heterocycles. The highest BCUT2D eigenvalue weighted by atomic mass is 19.2. The predicted molar refractivity (Wildman–Crippen MR) is 88.2 cm³/mol. The fraction of sp³-hybridized carbons (Fsp3) is 0.167. The molecular weight excluding hydrogens is 326 g/mol. The van der Waals surface area contributed by atoms with Gasteiger partial charge in [-0.05, 0) is 36.8 Å². The van der Waals surface area contributed by atoms with Gasteiger partial charge in [0.25, 0.3) is 5.91 Å². The molecule has 0 aliphatic rings. The first-order valence-electron chi connectivity index (χ1n) is 7.67. The standard InChI is InChI=1S/C18H16F2N4O/c1-12(13-8-9-15(19)16(20)10-13)23(2)18(25)17-11-21-24(22-17)14-6-4-3-5-7-14/h3-12H,1-2H3. The number of nitrogens with zero attached hydrogens (tertiary/aromatic N) is 4. The molecular formula is C18H16F2N4O. The van der Waals surface area contributed by atoms with Gasteiger partial charge >= 0.3 is 0 Å². The first-order valence-corrected chi connectivity index (χ1v) is 7.67. The number of halogens is 2. The molecule has 25 heavy (non-hydrogen) atoms. The summed E-state index contributed by atoms with van der Waals surface area (Å²) in [5.74, 6) is -2.23. The third-order valence-corrected chi connectivity index (χ3v) is 4.03. The minimum absolute atomic E-state index is 0.167. The third kappa shape index (κ3) is 3.40. The first-order chi connectivity index (χ1) is 12.0. The molecule has 0 saturated heterocycles. The van der Waals surface area contributed by atoms with Gasteiger partial charge in [0.15, 0.2) is 17.3 Å². The Morgan fingerprint density at radius 3 is 2.52 bits per heavy atom. The second-order valence-electron chi connectivity index (χ2n) is 5.62. The Bertz CT molecular complexity index is 895. The van der Waals surface area contributed by atoms with Crippen LogP contribution in [-0.2, 0) is 0 Å². The Morgan fingerprint density at radius 2 is 1.84 bits per heavy atom. The van der Waals surface area contributed by atoms with Crippen LogP contribution in [-0.4, -0.2) is 32.8 Å². The van der Waals surface area contributed by atoms with Crippen molar-refractivity contribution < 1.29 is 13.6 Å². The molecule has 1 amide bonds. The van der Waals surface area contributed by atoms with E-state index in [0.29, 0.717) is 5.56 Å². The minimum atomic E-state index is -0.944. The molecule has 0 N–H and O–H groups in total. The molecule has 0 bridgehead atoms. The van der Waals surface area contributed by atoms with E-state index < -0.39 is 17.7 Å². The SMILES string of the molecule is CC(c1ccc(F)c(F)c1)N(C)C(=O)c1cnn(-c2ccccc2)n1. The fourth-order valence-corrected chi connectivity index (χ4v) is 2.40. The zero-order chi connectivity index (χ0) is 18.0. The molecule has 0 aliphatic carbocycles. The number of hydrogen-bond donors (Lipinski definition) is 0. The van der Waals surface area contributed by atoms with Crippen LogP contribution in [0.4, 0.5) is 8.78 Å². The van der Waals surface area contributed by atoms with Gasteiger partial charge in [-0.2, -0.15) is 9.90 Å². The zero-order valence-corrected chi connectivity index (χ0v) is 13.7. The molecule has 0 fully saturated rings. The second-order valence-corrected chi connectivity index (χ2v) is 5.62. The largest absolute Gasteiger partial charge is 0.334 e. The highest BCUT2D eigenvalue weighted by Gasteiger charge is 2.22. The van der Waals surface area contributed by atoms with Crippen molar-refractivity contribution in [2.75, 3.05) is 7.05 Å². The van der Waals surface area contributed by atoms with Crippen LogP contribution < -0.4 is 0 Å². The highest BCUT2D eigenvalue weighted by molar-refractivity contribution is 5.92. The smallest absolute Gasteiger partial charge is 0.276 e. The van der Waals surface area contributed by atoms with Gasteiger partial charge in [-0.15, -0.1) is 5.10 Å². The Labute approximate surface area is 143 Å². The number of rotatable bonds is 4. The second kappa shape index (κ2) is 6.80. The molecule has 0 aliphatic heterocycles. The molecule has 1 atom stereocenters. The average Bonchev–Trinajstić information content (AvgIpc) is 3.13. The van der Waals surface area contributed by atoms with Crippen LogP contribution in [0, 0.1) is 11.6 Å². The lowest BCUT2D eigenvalue weighted by atomic mass is 10.1. The minimum Gasteiger partial charge on any atom is -0.334 e. The third-order valence-electron chi connectivity index (χ3n) is 4.03. The number of para-hydroxylation sites is 1. The van der Waals surface area contributed by atoms with Gasteiger partial charge in [-0.3, -0.25) is 4.79 Å². The van der Waals surface area contributed by atoms with Crippen molar-refractivity contribution in [3.8, 4) is 5.69 Å². The van der Waals surface area contributed by atoms with Gasteiger partial charge in [-0.25, -0.2) is 8.78 Å². The van der Waals surface area contributed by atoms with Crippen LogP contribution in [0.5, 0.6) is 0 Å². The summed E-state index contributed by atoms with van der Waals surface area (Å²) in [5.41, 5.74) is 1.39. The fourth-order valence-electron chi connectivity index (χ4n) is 2.40. The normalized spacial score (nSPS) is 12.0. The Kier molecular flexibility index (Phi) is 4.56. The molecule has 0 radical (unpaired) electrons. The molecule has 5 nitrogen and oxygen atoms in total. The molecule has 128 valence electrons. The van der Waals surface area contributed by atoms with E-state index >= 15 is 0 Å². The molecule has 0 spiro atoms. The van der Waals surface area contributed by atoms with E-state index in [2.05, 4.69) is 10.2 Å². The van der Waals surface area contributed by atoms with E-state index in [0.717, 1.165) is 17.8 Å². The van der Waals surface area contributed by atoms with Crippen molar-refractivity contribution in [2.45, 2.75) is 13.0 Å². The lowest BCUT2D eigenvalue weighted by molar-refractivity contribution is 0.0736. The van der Waals surface area contributed by atoms with Crippen LogP contribution >= 0.6 is 0 Å². The topological polar surface area (TPSA) is 51.0 Å². The number of carbonyl (C=O) groups is 1. The summed E-state index contributed by atoms with van der Waals surface area (Å²) < 4.78 is 26.5. The van der Waals surface area contributed by atoms with Crippen LogP contribution in [0.2, 0.25) is 0 Å². The summed E-state index contributed by atoms with van der Waals surface area (Å²) in [6, 6.07) is 12.3. The number of hydrogen-bond acceptors (Lipinski definition) is 3. The zero-order valence-electron chi connectivity index (χ0n) is 13.7. The van der Waals surface area contributed by atoms with E-state index in [1.807, 2.05) is 30.3 Å². The van der Waals surface area contributed by atoms with Crippen LogP contribution in [0.3, 0.4) is 0 Å². The van der Waals surface area contributed by atoms with Crippen molar-refractivity contribution in [3.05, 3.63) is 77.6 Å². The van der Waals surface area contributed by atoms with Crippen LogP contribution in [0.25, 0.3) is 5.69 Å². The van der Waals surface area contributed by atoms with E-state index in [1.165, 1.54) is 22.0 Å². The molecule has 0 saturated carbocycles. The Morgan fingerprint density at radius 1 is 1.12 bits per heavy atom. The summed E-state index contributed by atoms with van der Waals surface area (Å²) in [6.45, 7) is 1.73. The predicted octanol–water partition coefficient (Wildman–Crippen LogP) is 3.38.